The number of nitriles is 1. The lowest BCUT2D eigenvalue weighted by Gasteiger charge is -2.05. The lowest BCUT2D eigenvalue weighted by atomic mass is 10.2. The second-order valence-corrected chi connectivity index (χ2v) is 5.33. The normalized spacial score (nSPS) is 10.1. The summed E-state index contributed by atoms with van der Waals surface area (Å²) in [5, 5.41) is 18.5. The molecule has 0 fully saturated rings. The molecule has 2 aromatic rings. The van der Waals surface area contributed by atoms with Crippen molar-refractivity contribution in [1.29, 1.82) is 5.26 Å². The molecule has 2 rings (SSSR count). The van der Waals surface area contributed by atoms with Gasteiger partial charge in [-0.15, -0.1) is 11.8 Å². The lowest BCUT2D eigenvalue weighted by Crippen LogP contribution is -2.15. The van der Waals surface area contributed by atoms with E-state index in [1.54, 1.807) is 12.1 Å². The second-order valence-electron chi connectivity index (χ2n) is 4.29. The molecular weight excluding hydrogens is 272 g/mol. The van der Waals surface area contributed by atoms with Crippen molar-refractivity contribution in [2.45, 2.75) is 18.7 Å². The van der Waals surface area contributed by atoms with Crippen LogP contribution in [0.3, 0.4) is 0 Å². The molecule has 0 saturated heterocycles. The van der Waals surface area contributed by atoms with Gasteiger partial charge in [0.2, 0.25) is 5.91 Å². The number of H-pyrrole nitrogens is 1. The number of hydrogen-bond acceptors (Lipinski definition) is 4. The van der Waals surface area contributed by atoms with Gasteiger partial charge in [0.25, 0.3) is 0 Å². The van der Waals surface area contributed by atoms with Crippen LogP contribution in [0.2, 0.25) is 0 Å². The fraction of sp³-hybridized carbons (Fsp3) is 0.214. The van der Waals surface area contributed by atoms with Crippen LogP contribution >= 0.6 is 11.8 Å². The maximum Gasteiger partial charge on any atom is 0.234 e. The number of carbonyl (C=O) groups is 1. The first-order valence-electron chi connectivity index (χ1n) is 6.04. The molecule has 20 heavy (non-hydrogen) atoms. The van der Waals surface area contributed by atoms with Crippen molar-refractivity contribution >= 4 is 23.4 Å². The van der Waals surface area contributed by atoms with Crippen molar-refractivity contribution in [3.63, 3.8) is 0 Å². The van der Waals surface area contributed by atoms with Crippen LogP contribution in [0, 0.1) is 25.2 Å². The molecule has 1 amide bonds. The summed E-state index contributed by atoms with van der Waals surface area (Å²) in [7, 11) is 0. The van der Waals surface area contributed by atoms with Crippen molar-refractivity contribution in [3.8, 4) is 6.07 Å². The van der Waals surface area contributed by atoms with Crippen molar-refractivity contribution in [2.24, 2.45) is 0 Å². The Morgan fingerprint density at radius 3 is 2.95 bits per heavy atom. The number of nitrogens with zero attached hydrogens (tertiary/aromatic N) is 2. The fourth-order valence-electron chi connectivity index (χ4n) is 1.71. The van der Waals surface area contributed by atoms with Crippen LogP contribution in [0.15, 0.2) is 29.2 Å². The van der Waals surface area contributed by atoms with Gasteiger partial charge >= 0.3 is 0 Å². The smallest absolute Gasteiger partial charge is 0.234 e. The third-order valence-corrected chi connectivity index (χ3v) is 3.72. The Morgan fingerprint density at radius 1 is 1.50 bits per heavy atom. The summed E-state index contributed by atoms with van der Waals surface area (Å²) in [5.41, 5.74) is 2.94. The van der Waals surface area contributed by atoms with E-state index in [4.69, 9.17) is 5.26 Å². The molecule has 2 N–H and O–H groups in total. The summed E-state index contributed by atoms with van der Waals surface area (Å²) >= 11 is 1.40. The minimum absolute atomic E-state index is 0.0926. The Morgan fingerprint density at radius 2 is 2.30 bits per heavy atom. The monoisotopic (exact) mass is 286 g/mol. The Balaban J connectivity index is 1.94. The standard InChI is InChI=1S/C14H14N4OS/c1-9-14(10(2)18-17-9)16-13(19)8-20-12-5-3-4-11(6-12)7-15/h3-6H,8H2,1-2H3,(H,16,19)(H,17,18). The maximum atomic E-state index is 11.9. The third kappa shape index (κ3) is 3.39. The molecule has 1 aromatic heterocycles. The van der Waals surface area contributed by atoms with E-state index in [2.05, 4.69) is 21.6 Å². The van der Waals surface area contributed by atoms with E-state index in [-0.39, 0.29) is 5.91 Å². The summed E-state index contributed by atoms with van der Waals surface area (Å²) in [4.78, 5) is 12.8. The van der Waals surface area contributed by atoms with Crippen LogP contribution in [0.25, 0.3) is 0 Å². The van der Waals surface area contributed by atoms with E-state index in [1.165, 1.54) is 11.8 Å². The Bertz CT molecular complexity index is 653. The first-order valence-corrected chi connectivity index (χ1v) is 7.03. The van der Waals surface area contributed by atoms with Gasteiger partial charge in [-0.05, 0) is 32.0 Å². The number of thioether (sulfide) groups is 1. The number of aromatic amines is 1. The quantitative estimate of drug-likeness (QED) is 0.846. The highest BCUT2D eigenvalue weighted by atomic mass is 32.2. The molecule has 0 spiro atoms. The Kier molecular flexibility index (Phi) is 4.43. The lowest BCUT2D eigenvalue weighted by molar-refractivity contribution is -0.113. The highest BCUT2D eigenvalue weighted by Crippen LogP contribution is 2.20. The summed E-state index contributed by atoms with van der Waals surface area (Å²) in [6.07, 6.45) is 0. The predicted molar refractivity (Wildman–Crippen MR) is 78.6 cm³/mol. The van der Waals surface area contributed by atoms with E-state index in [0.29, 0.717) is 11.3 Å². The van der Waals surface area contributed by atoms with Crippen LogP contribution in [0.1, 0.15) is 17.0 Å². The van der Waals surface area contributed by atoms with Gasteiger partial charge in [0.05, 0.1) is 34.5 Å². The van der Waals surface area contributed by atoms with Crippen molar-refractivity contribution in [2.75, 3.05) is 11.1 Å². The summed E-state index contributed by atoms with van der Waals surface area (Å²) in [6, 6.07) is 9.28. The van der Waals surface area contributed by atoms with E-state index in [9.17, 15) is 4.79 Å². The fourth-order valence-corrected chi connectivity index (χ4v) is 2.47. The number of amides is 1. The summed E-state index contributed by atoms with van der Waals surface area (Å²) < 4.78 is 0. The largest absolute Gasteiger partial charge is 0.322 e. The van der Waals surface area contributed by atoms with Gasteiger partial charge in [0, 0.05) is 4.90 Å². The molecule has 1 heterocycles. The first kappa shape index (κ1) is 14.2. The van der Waals surface area contributed by atoms with Crippen molar-refractivity contribution < 1.29 is 4.79 Å². The second kappa shape index (κ2) is 6.26. The van der Waals surface area contributed by atoms with Gasteiger partial charge in [-0.2, -0.15) is 10.4 Å². The average molecular weight is 286 g/mol. The van der Waals surface area contributed by atoms with Crippen molar-refractivity contribution in [1.82, 2.24) is 10.2 Å². The molecule has 0 atom stereocenters. The molecule has 102 valence electrons. The van der Waals surface area contributed by atoms with Gasteiger partial charge in [0.1, 0.15) is 0 Å². The molecule has 5 nitrogen and oxygen atoms in total. The van der Waals surface area contributed by atoms with E-state index < -0.39 is 0 Å². The van der Waals surface area contributed by atoms with Crippen LogP contribution in [0.5, 0.6) is 0 Å². The maximum absolute atomic E-state index is 11.9. The van der Waals surface area contributed by atoms with Gasteiger partial charge < -0.3 is 5.32 Å². The van der Waals surface area contributed by atoms with E-state index >= 15 is 0 Å². The van der Waals surface area contributed by atoms with Crippen molar-refractivity contribution in [3.05, 3.63) is 41.2 Å². The van der Waals surface area contributed by atoms with Gasteiger partial charge in [-0.3, -0.25) is 9.89 Å². The number of benzene rings is 1. The van der Waals surface area contributed by atoms with Crippen LogP contribution in [-0.4, -0.2) is 21.9 Å². The van der Waals surface area contributed by atoms with Gasteiger partial charge in [-0.25, -0.2) is 0 Å². The SMILES string of the molecule is Cc1n[nH]c(C)c1NC(=O)CSc1cccc(C#N)c1. The first-order chi connectivity index (χ1) is 9.60. The van der Waals surface area contributed by atoms with E-state index in [0.717, 1.165) is 22.0 Å². The number of aromatic nitrogens is 2. The van der Waals surface area contributed by atoms with E-state index in [1.807, 2.05) is 26.0 Å². The zero-order valence-corrected chi connectivity index (χ0v) is 12.0. The Hall–Kier alpha value is -2.26. The molecule has 0 aliphatic carbocycles. The Labute approximate surface area is 121 Å². The number of aryl methyl sites for hydroxylation is 2. The molecule has 6 heteroatoms. The zero-order chi connectivity index (χ0) is 14.5. The number of anilines is 1. The molecule has 1 aromatic carbocycles. The average Bonchev–Trinajstić information content (AvgIpc) is 2.77. The molecule has 0 bridgehead atoms. The highest BCUT2D eigenvalue weighted by molar-refractivity contribution is 8.00. The van der Waals surface area contributed by atoms with Gasteiger partial charge in [-0.1, -0.05) is 6.07 Å². The highest BCUT2D eigenvalue weighted by Gasteiger charge is 2.10. The van der Waals surface area contributed by atoms with Crippen LogP contribution in [-0.2, 0) is 4.79 Å². The van der Waals surface area contributed by atoms with Crippen LogP contribution < -0.4 is 5.32 Å². The number of hydrogen-bond donors (Lipinski definition) is 2. The summed E-state index contributed by atoms with van der Waals surface area (Å²) in [5.74, 6) is 0.198. The minimum atomic E-state index is -0.0926. The van der Waals surface area contributed by atoms with Gasteiger partial charge in [0.15, 0.2) is 0 Å². The molecule has 0 radical (unpaired) electrons. The topological polar surface area (TPSA) is 81.6 Å². The molecule has 0 saturated carbocycles. The number of carbonyl (C=O) groups excluding carboxylic acids is 1. The summed E-state index contributed by atoms with van der Waals surface area (Å²) in [6.45, 7) is 3.70. The molecule has 0 aliphatic heterocycles. The minimum Gasteiger partial charge on any atom is -0.322 e. The molecule has 0 aliphatic rings. The third-order valence-electron chi connectivity index (χ3n) is 2.73. The predicted octanol–water partition coefficient (Wildman–Crippen LogP) is 2.63. The number of nitrogens with one attached hydrogen (secondary N) is 2. The molecule has 0 unspecified atom stereocenters. The molecular formula is C14H14N4OS. The van der Waals surface area contributed by atoms with Crippen LogP contribution in [0.4, 0.5) is 5.69 Å². The number of rotatable bonds is 4. The zero-order valence-electron chi connectivity index (χ0n) is 11.2.